The smallest absolute Gasteiger partial charge is 0.380 e. The third-order valence-electron chi connectivity index (χ3n) is 6.62. The number of allylic oxidation sites excluding steroid dienone is 1. The molecule has 3 unspecified atom stereocenters. The molecule has 2 bridgehead atoms. The maximum atomic E-state index is 13.5. The topological polar surface area (TPSA) is 66.0 Å². The van der Waals surface area contributed by atoms with Gasteiger partial charge in [-0.2, -0.15) is 13.2 Å². The Hall–Kier alpha value is -2.87. The Labute approximate surface area is 184 Å². The SMILES string of the molecule is C=C(c1nc(/C=C/CNC(=O)C2CC2)cc2c(NC3C4CNC3C4)cccc12)C(F)(F)F. The fourth-order valence-electron chi connectivity index (χ4n) is 4.57. The van der Waals surface area contributed by atoms with Gasteiger partial charge >= 0.3 is 6.18 Å². The lowest BCUT2D eigenvalue weighted by atomic mass is 9.80. The molecule has 3 heterocycles. The second-order valence-corrected chi connectivity index (χ2v) is 8.88. The van der Waals surface area contributed by atoms with Gasteiger partial charge in [0.1, 0.15) is 0 Å². The van der Waals surface area contributed by atoms with Crippen molar-refractivity contribution >= 4 is 34.0 Å². The number of benzene rings is 1. The van der Waals surface area contributed by atoms with Crippen molar-refractivity contribution in [1.29, 1.82) is 0 Å². The van der Waals surface area contributed by atoms with Crippen molar-refractivity contribution in [2.24, 2.45) is 11.8 Å². The molecule has 8 heteroatoms. The Morgan fingerprint density at radius 3 is 2.75 bits per heavy atom. The van der Waals surface area contributed by atoms with E-state index in [9.17, 15) is 18.0 Å². The van der Waals surface area contributed by atoms with Gasteiger partial charge in [-0.25, -0.2) is 4.98 Å². The van der Waals surface area contributed by atoms with Crippen LogP contribution in [0.1, 0.15) is 30.7 Å². The number of fused-ring (bicyclic) bond motifs is 2. The molecule has 6 rings (SSSR count). The summed E-state index contributed by atoms with van der Waals surface area (Å²) in [6, 6.07) is 7.75. The highest BCUT2D eigenvalue weighted by molar-refractivity contribution is 6.01. The van der Waals surface area contributed by atoms with Crippen LogP contribution in [0.2, 0.25) is 0 Å². The molecule has 2 aromatic rings. The summed E-state index contributed by atoms with van der Waals surface area (Å²) in [5.74, 6) is 0.660. The van der Waals surface area contributed by atoms with Gasteiger partial charge in [0, 0.05) is 47.6 Å². The Bertz CT molecular complexity index is 1090. The lowest BCUT2D eigenvalue weighted by Crippen LogP contribution is -2.47. The van der Waals surface area contributed by atoms with E-state index in [1.807, 2.05) is 6.07 Å². The Kier molecular flexibility index (Phi) is 5.20. The van der Waals surface area contributed by atoms with Crippen molar-refractivity contribution in [3.05, 3.63) is 48.3 Å². The van der Waals surface area contributed by atoms with Crippen molar-refractivity contribution < 1.29 is 18.0 Å². The molecule has 1 amide bonds. The van der Waals surface area contributed by atoms with Crippen molar-refractivity contribution in [2.75, 3.05) is 18.4 Å². The Morgan fingerprint density at radius 2 is 2.09 bits per heavy atom. The molecular weight excluding hydrogens is 417 g/mol. The summed E-state index contributed by atoms with van der Waals surface area (Å²) in [7, 11) is 0. The molecular formula is C24H25F3N4O. The first kappa shape index (κ1) is 21.0. The number of hydrogen-bond donors (Lipinski definition) is 3. The van der Waals surface area contributed by atoms with Gasteiger partial charge in [-0.3, -0.25) is 4.79 Å². The number of anilines is 1. The maximum Gasteiger partial charge on any atom is 0.417 e. The van der Waals surface area contributed by atoms with E-state index in [-0.39, 0.29) is 23.6 Å². The minimum absolute atomic E-state index is 0.0162. The van der Waals surface area contributed by atoms with E-state index in [1.165, 1.54) is 0 Å². The van der Waals surface area contributed by atoms with E-state index in [2.05, 4.69) is 27.5 Å². The molecule has 1 aromatic heterocycles. The number of pyridine rings is 1. The fraction of sp³-hybridized carbons (Fsp3) is 0.417. The first-order valence-corrected chi connectivity index (χ1v) is 11.0. The zero-order valence-electron chi connectivity index (χ0n) is 17.5. The quantitative estimate of drug-likeness (QED) is 0.604. The average molecular weight is 442 g/mol. The molecule has 4 aliphatic rings. The van der Waals surface area contributed by atoms with E-state index in [0.717, 1.165) is 31.5 Å². The molecule has 0 radical (unpaired) electrons. The Morgan fingerprint density at radius 1 is 1.28 bits per heavy atom. The molecule has 2 aliphatic heterocycles. The summed E-state index contributed by atoms with van der Waals surface area (Å²) in [6.07, 6.45) is 1.73. The molecule has 3 N–H and O–H groups in total. The van der Waals surface area contributed by atoms with Crippen LogP contribution in [0.25, 0.3) is 22.4 Å². The van der Waals surface area contributed by atoms with E-state index in [1.54, 1.807) is 30.4 Å². The average Bonchev–Trinajstić information content (AvgIpc) is 3.38. The normalized spacial score (nSPS) is 24.5. The van der Waals surface area contributed by atoms with E-state index in [4.69, 9.17) is 0 Å². The fourth-order valence-corrected chi connectivity index (χ4v) is 4.57. The van der Waals surface area contributed by atoms with Gasteiger partial charge in [0.05, 0.1) is 17.0 Å². The van der Waals surface area contributed by atoms with Gasteiger partial charge < -0.3 is 16.0 Å². The largest absolute Gasteiger partial charge is 0.417 e. The number of hydrogen-bond acceptors (Lipinski definition) is 4. The molecule has 4 fully saturated rings. The molecule has 2 aliphatic carbocycles. The van der Waals surface area contributed by atoms with Gasteiger partial charge in [0.15, 0.2) is 0 Å². The molecule has 2 saturated heterocycles. The number of carbonyl (C=O) groups is 1. The number of rotatable bonds is 7. The first-order valence-electron chi connectivity index (χ1n) is 11.0. The maximum absolute atomic E-state index is 13.5. The van der Waals surface area contributed by atoms with E-state index in [0.29, 0.717) is 35.0 Å². The number of alkyl halides is 3. The van der Waals surface area contributed by atoms with Crippen LogP contribution in [0.3, 0.4) is 0 Å². The number of carbonyl (C=O) groups excluding carboxylic acids is 1. The van der Waals surface area contributed by atoms with Crippen LogP contribution in [-0.2, 0) is 4.79 Å². The number of nitrogens with one attached hydrogen (secondary N) is 3. The van der Waals surface area contributed by atoms with Crippen LogP contribution < -0.4 is 16.0 Å². The minimum Gasteiger partial charge on any atom is -0.380 e. The van der Waals surface area contributed by atoms with Gasteiger partial charge in [0.25, 0.3) is 0 Å². The predicted molar refractivity (Wildman–Crippen MR) is 119 cm³/mol. The van der Waals surface area contributed by atoms with Gasteiger partial charge in [0.2, 0.25) is 5.91 Å². The minimum atomic E-state index is -4.58. The standard InChI is InChI=1S/C24H25F3N4O/c1-13(24(25,26)27)21-17-5-2-6-19(31-22-15-10-20(22)29-12-15)18(17)11-16(30-21)4-3-9-28-23(32)14-7-8-14/h2-6,11,14-15,20,22,29,31H,1,7-10,12H2,(H,28,32)/b4-3+. The van der Waals surface area contributed by atoms with Crippen LogP contribution >= 0.6 is 0 Å². The zero-order chi connectivity index (χ0) is 22.5. The summed E-state index contributed by atoms with van der Waals surface area (Å²) < 4.78 is 40.6. The predicted octanol–water partition coefficient (Wildman–Crippen LogP) is 4.12. The van der Waals surface area contributed by atoms with Crippen LogP contribution in [0.15, 0.2) is 36.9 Å². The van der Waals surface area contributed by atoms with Gasteiger partial charge in [-0.15, -0.1) is 0 Å². The summed E-state index contributed by atoms with van der Waals surface area (Å²) in [6.45, 7) is 4.56. The summed E-state index contributed by atoms with van der Waals surface area (Å²) in [5, 5.41) is 10.9. The second kappa shape index (κ2) is 7.92. The highest BCUT2D eigenvalue weighted by atomic mass is 19.4. The molecule has 1 aromatic carbocycles. The zero-order valence-corrected chi connectivity index (χ0v) is 17.5. The van der Waals surface area contributed by atoms with Crippen molar-refractivity contribution in [3.8, 4) is 0 Å². The van der Waals surface area contributed by atoms with Gasteiger partial charge in [-0.1, -0.05) is 24.8 Å². The number of halogens is 3. The lowest BCUT2D eigenvalue weighted by Gasteiger charge is -2.36. The third-order valence-corrected chi connectivity index (χ3v) is 6.62. The van der Waals surface area contributed by atoms with E-state index < -0.39 is 11.7 Å². The van der Waals surface area contributed by atoms with Gasteiger partial charge in [-0.05, 0) is 43.4 Å². The molecule has 2 saturated carbocycles. The van der Waals surface area contributed by atoms with Crippen LogP contribution in [0.4, 0.5) is 18.9 Å². The highest BCUT2D eigenvalue weighted by Crippen LogP contribution is 2.40. The van der Waals surface area contributed by atoms with Crippen LogP contribution in [0.5, 0.6) is 0 Å². The number of aromatic nitrogens is 1. The molecule has 32 heavy (non-hydrogen) atoms. The first-order chi connectivity index (χ1) is 15.3. The van der Waals surface area contributed by atoms with Crippen LogP contribution in [-0.4, -0.2) is 42.2 Å². The number of nitrogens with zero attached hydrogens (tertiary/aromatic N) is 1. The van der Waals surface area contributed by atoms with Crippen molar-refractivity contribution in [2.45, 2.75) is 37.5 Å². The summed E-state index contributed by atoms with van der Waals surface area (Å²) >= 11 is 0. The van der Waals surface area contributed by atoms with Crippen molar-refractivity contribution in [1.82, 2.24) is 15.6 Å². The third kappa shape index (κ3) is 3.99. The molecule has 3 atom stereocenters. The summed E-state index contributed by atoms with van der Waals surface area (Å²) in [5.41, 5.74) is 0.0427. The number of amides is 1. The highest BCUT2D eigenvalue weighted by Gasteiger charge is 2.46. The summed E-state index contributed by atoms with van der Waals surface area (Å²) in [4.78, 5) is 16.0. The van der Waals surface area contributed by atoms with E-state index >= 15 is 0 Å². The monoisotopic (exact) mass is 442 g/mol. The van der Waals surface area contributed by atoms with Crippen LogP contribution in [0, 0.1) is 11.8 Å². The molecule has 5 nitrogen and oxygen atoms in total. The van der Waals surface area contributed by atoms with Crippen molar-refractivity contribution in [3.63, 3.8) is 0 Å². The lowest BCUT2D eigenvalue weighted by molar-refractivity contribution is -0.122. The molecule has 168 valence electrons. The Balaban J connectivity index is 1.47. The second-order valence-electron chi connectivity index (χ2n) is 8.88. The molecule has 0 spiro atoms.